The summed E-state index contributed by atoms with van der Waals surface area (Å²) in [6.07, 6.45) is 4.88. The first kappa shape index (κ1) is 29.4. The van der Waals surface area contributed by atoms with E-state index in [2.05, 4.69) is 30.9 Å². The van der Waals surface area contributed by atoms with Crippen molar-refractivity contribution in [1.29, 1.82) is 0 Å². The molecule has 0 aliphatic heterocycles. The molecule has 7 aromatic rings. The first-order valence-electron chi connectivity index (χ1n) is 14.9. The van der Waals surface area contributed by atoms with Crippen LogP contribution in [0.5, 0.6) is 0 Å². The van der Waals surface area contributed by atoms with Gasteiger partial charge in [0.15, 0.2) is 0 Å². The first-order chi connectivity index (χ1) is 22.9. The molecule has 7 rings (SSSR count). The number of H-pyrrole nitrogens is 1. The molecule has 47 heavy (non-hydrogen) atoms. The zero-order valence-corrected chi connectivity index (χ0v) is 25.0. The molecule has 0 aliphatic carbocycles. The highest BCUT2D eigenvalue weighted by Crippen LogP contribution is 2.29. The highest BCUT2D eigenvalue weighted by atomic mass is 16.3. The number of carbonyl (C=O) groups excluding carboxylic acids is 2. The van der Waals surface area contributed by atoms with Gasteiger partial charge in [-0.25, -0.2) is 4.98 Å². The van der Waals surface area contributed by atoms with Crippen LogP contribution in [0.4, 0.5) is 11.4 Å². The number of pyridine rings is 1. The largest absolute Gasteiger partial charge is 0.456 e. The molecule has 0 saturated carbocycles. The van der Waals surface area contributed by atoms with Crippen molar-refractivity contribution in [2.75, 3.05) is 17.2 Å². The summed E-state index contributed by atoms with van der Waals surface area (Å²) < 4.78 is 7.25. The quantitative estimate of drug-likeness (QED) is 0.147. The fourth-order valence-corrected chi connectivity index (χ4v) is 5.49. The summed E-state index contributed by atoms with van der Waals surface area (Å²) in [4.78, 5) is 50.6. The maximum atomic E-state index is 13.9. The summed E-state index contributed by atoms with van der Waals surface area (Å²) in [6, 6.07) is 24.1. The van der Waals surface area contributed by atoms with Crippen LogP contribution in [0.2, 0.25) is 0 Å². The topological polar surface area (TPSA) is 167 Å². The number of hydrogen-bond acceptors (Lipinski definition) is 8. The van der Waals surface area contributed by atoms with Crippen molar-refractivity contribution in [3.05, 3.63) is 119 Å². The Morgan fingerprint density at radius 1 is 0.894 bits per heavy atom. The molecule has 0 aliphatic rings. The lowest BCUT2D eigenvalue weighted by Crippen LogP contribution is -2.34. The maximum Gasteiger partial charge on any atom is 0.277 e. The predicted molar refractivity (Wildman–Crippen MR) is 179 cm³/mol. The van der Waals surface area contributed by atoms with Crippen LogP contribution in [-0.4, -0.2) is 43.0 Å². The minimum Gasteiger partial charge on any atom is -0.456 e. The Morgan fingerprint density at radius 2 is 1.72 bits per heavy atom. The molecule has 0 atom stereocenters. The SMILES string of the molecule is O=C(Cn1c(-c2ccc(NC(=O)CO)cc2)ncc(NCc2ccc3oc4ccccc4c3c2)c1=O)NCc1cc2cnccc2[nH]1. The number of rotatable bonds is 10. The number of para-hydroxylation sites is 1. The van der Waals surface area contributed by atoms with Crippen molar-refractivity contribution in [3.63, 3.8) is 0 Å². The van der Waals surface area contributed by atoms with E-state index in [1.807, 2.05) is 54.6 Å². The standard InChI is InChI=1S/C35H29N7O5/c43-20-33(45)41-24-8-6-22(7-9-24)34-39-18-29(37-15-21-5-10-31-27(13-21)26-3-1-2-4-30(26)47-31)35(46)42(34)19-32(44)38-17-25-14-23-16-36-12-11-28(23)40-25/h1-14,16,18,37,40,43H,15,17,19-20H2,(H,38,44)(H,41,45). The van der Waals surface area contributed by atoms with Gasteiger partial charge < -0.3 is 30.5 Å². The molecule has 12 heteroatoms. The lowest BCUT2D eigenvalue weighted by atomic mass is 10.1. The van der Waals surface area contributed by atoms with Crippen LogP contribution in [0.3, 0.4) is 0 Å². The van der Waals surface area contributed by atoms with Crippen molar-refractivity contribution >= 4 is 56.0 Å². The molecule has 12 nitrogen and oxygen atoms in total. The molecule has 234 valence electrons. The number of nitrogens with zero attached hydrogens (tertiary/aromatic N) is 3. The Kier molecular flexibility index (Phi) is 7.90. The summed E-state index contributed by atoms with van der Waals surface area (Å²) in [5, 5.41) is 20.6. The summed E-state index contributed by atoms with van der Waals surface area (Å²) in [5.74, 6) is -0.655. The van der Waals surface area contributed by atoms with E-state index in [9.17, 15) is 14.4 Å². The third kappa shape index (κ3) is 6.17. The van der Waals surface area contributed by atoms with E-state index in [0.717, 1.165) is 44.1 Å². The van der Waals surface area contributed by atoms with Crippen molar-refractivity contribution < 1.29 is 19.1 Å². The second kappa shape index (κ2) is 12.6. The number of amides is 2. The van der Waals surface area contributed by atoms with Crippen molar-refractivity contribution in [2.24, 2.45) is 0 Å². The van der Waals surface area contributed by atoms with Crippen molar-refractivity contribution in [2.45, 2.75) is 19.6 Å². The monoisotopic (exact) mass is 627 g/mol. The molecule has 4 aromatic heterocycles. The summed E-state index contributed by atoms with van der Waals surface area (Å²) in [6.45, 7) is -0.359. The van der Waals surface area contributed by atoms with E-state index >= 15 is 0 Å². The number of carbonyl (C=O) groups is 2. The molecule has 5 N–H and O–H groups in total. The van der Waals surface area contributed by atoms with Gasteiger partial charge >= 0.3 is 0 Å². The van der Waals surface area contributed by atoms with Crippen LogP contribution in [-0.2, 0) is 29.2 Å². The van der Waals surface area contributed by atoms with Crippen LogP contribution in [0.25, 0.3) is 44.2 Å². The molecule has 0 unspecified atom stereocenters. The fraction of sp³-hybridized carbons (Fsp3) is 0.114. The highest BCUT2D eigenvalue weighted by molar-refractivity contribution is 6.05. The molecule has 4 heterocycles. The smallest absolute Gasteiger partial charge is 0.277 e. The van der Waals surface area contributed by atoms with Gasteiger partial charge in [-0.05, 0) is 60.2 Å². The van der Waals surface area contributed by atoms with Gasteiger partial charge in [0, 0.05) is 57.6 Å². The second-order valence-electron chi connectivity index (χ2n) is 11.0. The van der Waals surface area contributed by atoms with E-state index in [4.69, 9.17) is 9.52 Å². The minimum absolute atomic E-state index is 0.230. The fourth-order valence-electron chi connectivity index (χ4n) is 5.49. The Labute approximate surface area is 267 Å². The number of nitrogens with one attached hydrogen (secondary N) is 4. The Bertz CT molecular complexity index is 2290. The molecule has 0 spiro atoms. The highest BCUT2D eigenvalue weighted by Gasteiger charge is 2.16. The van der Waals surface area contributed by atoms with Crippen LogP contribution < -0.4 is 21.5 Å². The molecule has 3 aromatic carbocycles. The Hall–Kier alpha value is -6.27. The Balaban J connectivity index is 1.15. The summed E-state index contributed by atoms with van der Waals surface area (Å²) in [7, 11) is 0. The lowest BCUT2D eigenvalue weighted by Gasteiger charge is -2.15. The average molecular weight is 628 g/mol. The van der Waals surface area contributed by atoms with E-state index in [1.54, 1.807) is 36.7 Å². The zero-order valence-electron chi connectivity index (χ0n) is 25.0. The number of aliphatic hydroxyl groups is 1. The van der Waals surface area contributed by atoms with Crippen LogP contribution in [0.15, 0.2) is 107 Å². The number of furan rings is 1. The van der Waals surface area contributed by atoms with Crippen LogP contribution in [0.1, 0.15) is 11.3 Å². The molecule has 0 fully saturated rings. The lowest BCUT2D eigenvalue weighted by molar-refractivity contribution is -0.122. The number of benzene rings is 3. The van der Waals surface area contributed by atoms with Gasteiger partial charge in [0.25, 0.3) is 5.56 Å². The Morgan fingerprint density at radius 3 is 2.55 bits per heavy atom. The van der Waals surface area contributed by atoms with E-state index < -0.39 is 18.1 Å². The summed E-state index contributed by atoms with van der Waals surface area (Å²) in [5.41, 5.74) is 5.06. The van der Waals surface area contributed by atoms with Gasteiger partial charge in [0.1, 0.15) is 35.8 Å². The number of hydrogen-bond donors (Lipinski definition) is 5. The number of aromatic nitrogens is 4. The van der Waals surface area contributed by atoms with Crippen molar-refractivity contribution in [3.8, 4) is 11.4 Å². The molecule has 2 amide bonds. The van der Waals surface area contributed by atoms with E-state index in [1.165, 1.54) is 10.8 Å². The number of anilines is 2. The molecule has 0 saturated heterocycles. The predicted octanol–water partition coefficient (Wildman–Crippen LogP) is 4.55. The number of fused-ring (bicyclic) bond motifs is 4. The third-order valence-corrected chi connectivity index (χ3v) is 7.80. The maximum absolute atomic E-state index is 13.9. The van der Waals surface area contributed by atoms with Gasteiger partial charge in [-0.2, -0.15) is 0 Å². The molecule has 0 radical (unpaired) electrons. The molecular weight excluding hydrogens is 598 g/mol. The normalized spacial score (nSPS) is 11.3. The number of aromatic amines is 1. The van der Waals surface area contributed by atoms with Crippen LogP contribution in [0, 0.1) is 0 Å². The van der Waals surface area contributed by atoms with Crippen molar-refractivity contribution in [1.82, 2.24) is 24.8 Å². The zero-order chi connectivity index (χ0) is 32.3. The average Bonchev–Trinajstić information content (AvgIpc) is 3.69. The van der Waals surface area contributed by atoms with Gasteiger partial charge in [-0.15, -0.1) is 0 Å². The van der Waals surface area contributed by atoms with Gasteiger partial charge in [-0.1, -0.05) is 24.3 Å². The first-order valence-corrected chi connectivity index (χ1v) is 14.9. The second-order valence-corrected chi connectivity index (χ2v) is 11.0. The van der Waals surface area contributed by atoms with Crippen LogP contribution >= 0.6 is 0 Å². The van der Waals surface area contributed by atoms with Gasteiger partial charge in [-0.3, -0.25) is 23.9 Å². The van der Waals surface area contributed by atoms with E-state index in [-0.39, 0.29) is 30.5 Å². The van der Waals surface area contributed by atoms with E-state index in [0.29, 0.717) is 17.8 Å². The molecule has 0 bridgehead atoms. The minimum atomic E-state index is -0.644. The third-order valence-electron chi connectivity index (χ3n) is 7.80. The van der Waals surface area contributed by atoms with Gasteiger partial charge in [0.2, 0.25) is 11.8 Å². The summed E-state index contributed by atoms with van der Waals surface area (Å²) >= 11 is 0. The number of aliphatic hydroxyl groups excluding tert-OH is 1. The van der Waals surface area contributed by atoms with Gasteiger partial charge in [0.05, 0.1) is 12.7 Å². The molecular formula is C35H29N7O5.